The Morgan fingerprint density at radius 3 is 1.64 bits per heavy atom. The highest BCUT2D eigenvalue weighted by Gasteiger charge is 2.40. The average Bonchev–Trinajstić information content (AvgIpc) is 3.84. The average molecular weight is 857 g/mol. The highest BCUT2D eigenvalue weighted by Crippen LogP contribution is 2.51. The molecular weight excluding hydrogens is 809 g/mol. The van der Waals surface area contributed by atoms with Gasteiger partial charge in [0.2, 0.25) is 0 Å². The molecular formula is C65H48N2. The molecule has 0 spiro atoms. The molecule has 11 aromatic rings. The summed E-state index contributed by atoms with van der Waals surface area (Å²) in [5, 5.41) is 7.56. The topological polar surface area (TPSA) is 8.17 Å². The van der Waals surface area contributed by atoms with Crippen molar-refractivity contribution < 1.29 is 0 Å². The van der Waals surface area contributed by atoms with E-state index in [2.05, 4.69) is 260 Å². The summed E-state index contributed by atoms with van der Waals surface area (Å²) in [6, 6.07) is 83.0. The fourth-order valence-corrected chi connectivity index (χ4v) is 11.5. The van der Waals surface area contributed by atoms with E-state index in [-0.39, 0.29) is 11.5 Å². The van der Waals surface area contributed by atoms with Gasteiger partial charge < -0.3 is 9.47 Å². The van der Waals surface area contributed by atoms with Crippen LogP contribution in [0.3, 0.4) is 0 Å². The van der Waals surface area contributed by atoms with Crippen LogP contribution in [-0.2, 0) is 5.41 Å². The molecule has 2 nitrogen and oxygen atoms in total. The fourth-order valence-electron chi connectivity index (χ4n) is 11.5. The number of fused-ring (bicyclic) bond motifs is 7. The molecule has 10 aromatic carbocycles. The monoisotopic (exact) mass is 856 g/mol. The molecule has 1 atom stereocenters. The van der Waals surface area contributed by atoms with Crippen LogP contribution in [0.4, 0.5) is 11.4 Å². The first kappa shape index (κ1) is 39.2. The van der Waals surface area contributed by atoms with Crippen LogP contribution in [-0.4, -0.2) is 10.6 Å². The SMILES string of the molecule is CC1(C)C2=C(C=CC(N(c3ccc(-c4ccccc4-n4c5ccccc5c5cc(-c6cccc7ccccc67)ccc54)cc3)c3ccc(-c4cccc5ccccc45)cc3)C2)c2ccccc21. The first-order valence-electron chi connectivity index (χ1n) is 23.6. The van der Waals surface area contributed by atoms with E-state index in [0.29, 0.717) is 0 Å². The lowest BCUT2D eigenvalue weighted by molar-refractivity contribution is 0.585. The van der Waals surface area contributed by atoms with Crippen LogP contribution in [0.5, 0.6) is 0 Å². The van der Waals surface area contributed by atoms with Crippen molar-refractivity contribution in [2.45, 2.75) is 31.7 Å². The third-order valence-electron chi connectivity index (χ3n) is 14.8. The highest BCUT2D eigenvalue weighted by molar-refractivity contribution is 6.12. The zero-order valence-electron chi connectivity index (χ0n) is 37.7. The van der Waals surface area contributed by atoms with Gasteiger partial charge in [-0.1, -0.05) is 202 Å². The molecule has 1 heterocycles. The van der Waals surface area contributed by atoms with Crippen LogP contribution in [0.1, 0.15) is 31.4 Å². The lowest BCUT2D eigenvalue weighted by Crippen LogP contribution is -2.33. The Labute approximate surface area is 392 Å². The first-order valence-corrected chi connectivity index (χ1v) is 23.6. The molecule has 1 unspecified atom stereocenters. The van der Waals surface area contributed by atoms with Crippen molar-refractivity contribution in [1.82, 2.24) is 4.57 Å². The number of rotatable bonds is 7. The molecule has 318 valence electrons. The number of hydrogen-bond acceptors (Lipinski definition) is 1. The standard InChI is InChI=1S/C65H48N2/c1-65(2)60-26-10-7-22-56(60)57-39-38-50(42-61(57)65)66(48-34-29-45(30-35-48)53-24-13-17-43-15-3-5-19-51(43)53)49-36-31-46(32-37-49)55-21-8-11-27-62(55)67-63-28-12-9-23-58(63)59-41-47(33-40-64(59)67)54-25-14-18-44-16-4-6-20-52(44)54/h3-41,50H,42H2,1-2H3. The Morgan fingerprint density at radius 1 is 0.433 bits per heavy atom. The lowest BCUT2D eigenvalue weighted by atomic mass is 9.77. The van der Waals surface area contributed by atoms with E-state index in [1.807, 2.05) is 0 Å². The van der Waals surface area contributed by atoms with Crippen LogP contribution in [0.15, 0.2) is 242 Å². The van der Waals surface area contributed by atoms with Gasteiger partial charge in [-0.2, -0.15) is 0 Å². The smallest absolute Gasteiger partial charge is 0.0563 e. The van der Waals surface area contributed by atoms with E-state index in [9.17, 15) is 0 Å². The predicted octanol–water partition coefficient (Wildman–Crippen LogP) is 17.3. The van der Waals surface area contributed by atoms with Crippen LogP contribution in [0.25, 0.3) is 88.0 Å². The van der Waals surface area contributed by atoms with E-state index >= 15 is 0 Å². The quantitative estimate of drug-likeness (QED) is 0.155. The number of hydrogen-bond donors (Lipinski definition) is 0. The highest BCUT2D eigenvalue weighted by atomic mass is 15.2. The van der Waals surface area contributed by atoms with Crippen molar-refractivity contribution in [3.05, 3.63) is 253 Å². The van der Waals surface area contributed by atoms with Crippen LogP contribution in [0.2, 0.25) is 0 Å². The van der Waals surface area contributed by atoms with E-state index < -0.39 is 0 Å². The second kappa shape index (κ2) is 15.5. The van der Waals surface area contributed by atoms with Crippen LogP contribution < -0.4 is 4.90 Å². The van der Waals surface area contributed by atoms with Crippen molar-refractivity contribution >= 4 is 60.3 Å². The number of para-hydroxylation sites is 2. The van der Waals surface area contributed by atoms with E-state index in [1.165, 1.54) is 110 Å². The summed E-state index contributed by atoms with van der Waals surface area (Å²) in [5.41, 5.74) is 18.9. The fraction of sp³-hybridized carbons (Fsp3) is 0.0769. The van der Waals surface area contributed by atoms with Gasteiger partial charge in [-0.25, -0.2) is 0 Å². The molecule has 0 N–H and O–H groups in total. The molecule has 2 aliphatic rings. The molecule has 67 heavy (non-hydrogen) atoms. The summed E-state index contributed by atoms with van der Waals surface area (Å²) in [5.74, 6) is 0. The summed E-state index contributed by atoms with van der Waals surface area (Å²) in [6.07, 6.45) is 5.78. The van der Waals surface area contributed by atoms with Gasteiger partial charge in [0.25, 0.3) is 0 Å². The maximum atomic E-state index is 2.56. The van der Waals surface area contributed by atoms with Crippen molar-refractivity contribution in [2.24, 2.45) is 0 Å². The molecule has 2 aliphatic carbocycles. The van der Waals surface area contributed by atoms with Crippen LogP contribution in [0, 0.1) is 0 Å². The van der Waals surface area contributed by atoms with Crippen molar-refractivity contribution in [3.63, 3.8) is 0 Å². The van der Waals surface area contributed by atoms with E-state index in [0.717, 1.165) is 12.1 Å². The largest absolute Gasteiger partial charge is 0.334 e. The molecule has 1 aromatic heterocycles. The molecule has 13 rings (SSSR count). The molecule has 0 fully saturated rings. The molecule has 0 radical (unpaired) electrons. The van der Waals surface area contributed by atoms with Gasteiger partial charge in [-0.15, -0.1) is 0 Å². The first-order chi connectivity index (χ1) is 33.0. The summed E-state index contributed by atoms with van der Waals surface area (Å²) in [6.45, 7) is 4.81. The van der Waals surface area contributed by atoms with Gasteiger partial charge in [0.1, 0.15) is 0 Å². The molecule has 0 amide bonds. The number of benzene rings is 10. The van der Waals surface area contributed by atoms with Gasteiger partial charge in [0.15, 0.2) is 0 Å². The number of aromatic nitrogens is 1. The summed E-state index contributed by atoms with van der Waals surface area (Å²) in [4.78, 5) is 2.56. The summed E-state index contributed by atoms with van der Waals surface area (Å²) < 4.78 is 2.46. The lowest BCUT2D eigenvalue weighted by Gasteiger charge is -2.37. The van der Waals surface area contributed by atoms with Gasteiger partial charge >= 0.3 is 0 Å². The number of allylic oxidation sites excluding steroid dienone is 2. The minimum atomic E-state index is -0.0449. The van der Waals surface area contributed by atoms with Crippen molar-refractivity contribution in [2.75, 3.05) is 4.90 Å². The van der Waals surface area contributed by atoms with Crippen LogP contribution >= 0.6 is 0 Å². The maximum Gasteiger partial charge on any atom is 0.0563 e. The minimum Gasteiger partial charge on any atom is -0.334 e. The molecule has 0 bridgehead atoms. The maximum absolute atomic E-state index is 2.56. The van der Waals surface area contributed by atoms with Gasteiger partial charge in [-0.05, 0) is 127 Å². The summed E-state index contributed by atoms with van der Waals surface area (Å²) in [7, 11) is 0. The Morgan fingerprint density at radius 2 is 0.940 bits per heavy atom. The number of anilines is 2. The Hall–Kier alpha value is -8.20. The van der Waals surface area contributed by atoms with Gasteiger partial charge in [0, 0.05) is 33.1 Å². The predicted molar refractivity (Wildman–Crippen MR) is 285 cm³/mol. The molecule has 0 saturated carbocycles. The Balaban J connectivity index is 0.901. The van der Waals surface area contributed by atoms with Gasteiger partial charge in [0.05, 0.1) is 22.8 Å². The molecule has 0 aliphatic heterocycles. The molecule has 0 saturated heterocycles. The second-order valence-electron chi connectivity index (χ2n) is 18.8. The zero-order valence-corrected chi connectivity index (χ0v) is 37.7. The second-order valence-corrected chi connectivity index (χ2v) is 18.8. The zero-order chi connectivity index (χ0) is 44.6. The minimum absolute atomic E-state index is 0.0449. The van der Waals surface area contributed by atoms with Crippen molar-refractivity contribution in [1.29, 1.82) is 0 Å². The van der Waals surface area contributed by atoms with Crippen molar-refractivity contribution in [3.8, 4) is 39.1 Å². The third-order valence-corrected chi connectivity index (χ3v) is 14.8. The number of nitrogens with zero attached hydrogens (tertiary/aromatic N) is 2. The summed E-state index contributed by atoms with van der Waals surface area (Å²) >= 11 is 0. The van der Waals surface area contributed by atoms with E-state index in [4.69, 9.17) is 0 Å². The normalized spacial score (nSPS) is 15.1. The molecule has 2 heteroatoms. The van der Waals surface area contributed by atoms with E-state index in [1.54, 1.807) is 0 Å². The third kappa shape index (κ3) is 6.32. The Kier molecular flexibility index (Phi) is 9.05. The Bertz CT molecular complexity index is 3790. The van der Waals surface area contributed by atoms with Gasteiger partial charge in [-0.3, -0.25) is 0 Å².